The Labute approximate surface area is 101 Å². The van der Waals surface area contributed by atoms with E-state index in [1.807, 2.05) is 13.2 Å². The Balaban J connectivity index is 4.28. The van der Waals surface area contributed by atoms with Gasteiger partial charge in [0, 0.05) is 18.8 Å². The first kappa shape index (κ1) is 15.1. The maximum atomic E-state index is 11.7. The molecular formula is C10H20N2O3S. The molecule has 0 aromatic heterocycles. The number of aliphatic carboxylic acids is 1. The van der Waals surface area contributed by atoms with E-state index in [2.05, 4.69) is 5.32 Å². The van der Waals surface area contributed by atoms with Crippen LogP contribution in [0.4, 0.5) is 4.79 Å². The zero-order valence-corrected chi connectivity index (χ0v) is 11.0. The van der Waals surface area contributed by atoms with Gasteiger partial charge in [-0.2, -0.15) is 11.8 Å². The van der Waals surface area contributed by atoms with E-state index in [1.54, 1.807) is 25.7 Å². The van der Waals surface area contributed by atoms with Crippen LogP contribution in [0.25, 0.3) is 0 Å². The van der Waals surface area contributed by atoms with Crippen LogP contribution < -0.4 is 5.32 Å². The van der Waals surface area contributed by atoms with Crippen molar-refractivity contribution in [3.05, 3.63) is 0 Å². The second kappa shape index (κ2) is 7.38. The third-order valence-corrected chi connectivity index (χ3v) is 3.21. The topological polar surface area (TPSA) is 69.6 Å². The zero-order valence-electron chi connectivity index (χ0n) is 10.2. The van der Waals surface area contributed by atoms with Gasteiger partial charge in [0.15, 0.2) is 0 Å². The lowest BCUT2D eigenvalue weighted by molar-refractivity contribution is -0.139. The molecule has 0 bridgehead atoms. The van der Waals surface area contributed by atoms with Crippen molar-refractivity contribution in [1.29, 1.82) is 0 Å². The monoisotopic (exact) mass is 248 g/mol. The highest BCUT2D eigenvalue weighted by Gasteiger charge is 2.21. The molecular weight excluding hydrogens is 228 g/mol. The summed E-state index contributed by atoms with van der Waals surface area (Å²) in [4.78, 5) is 24.0. The van der Waals surface area contributed by atoms with E-state index in [4.69, 9.17) is 5.11 Å². The maximum absolute atomic E-state index is 11.7. The van der Waals surface area contributed by atoms with Crippen molar-refractivity contribution in [2.45, 2.75) is 32.4 Å². The number of carbonyl (C=O) groups is 2. The van der Waals surface area contributed by atoms with E-state index >= 15 is 0 Å². The second-order valence-electron chi connectivity index (χ2n) is 3.66. The van der Waals surface area contributed by atoms with E-state index in [9.17, 15) is 9.59 Å². The minimum Gasteiger partial charge on any atom is -0.480 e. The quantitative estimate of drug-likeness (QED) is 0.742. The van der Waals surface area contributed by atoms with Gasteiger partial charge in [0.25, 0.3) is 0 Å². The minimum atomic E-state index is -0.998. The molecule has 0 aromatic rings. The van der Waals surface area contributed by atoms with E-state index in [0.717, 1.165) is 5.75 Å². The minimum absolute atomic E-state index is 0.0845. The van der Waals surface area contributed by atoms with E-state index in [0.29, 0.717) is 6.42 Å². The zero-order chi connectivity index (χ0) is 12.7. The van der Waals surface area contributed by atoms with Crippen LogP contribution >= 0.6 is 11.8 Å². The number of urea groups is 1. The lowest BCUT2D eigenvalue weighted by Crippen LogP contribution is -2.49. The third kappa shape index (κ3) is 4.74. The molecule has 5 nitrogen and oxygen atoms in total. The summed E-state index contributed by atoms with van der Waals surface area (Å²) in [6.07, 6.45) is 2.35. The molecule has 0 rings (SSSR count). The van der Waals surface area contributed by atoms with Gasteiger partial charge < -0.3 is 15.3 Å². The van der Waals surface area contributed by atoms with Crippen LogP contribution in [-0.2, 0) is 4.79 Å². The molecule has 94 valence electrons. The van der Waals surface area contributed by atoms with Gasteiger partial charge in [-0.3, -0.25) is 0 Å². The molecule has 2 N–H and O–H groups in total. The molecule has 0 aromatic carbocycles. The molecule has 0 fully saturated rings. The first-order valence-electron chi connectivity index (χ1n) is 5.19. The van der Waals surface area contributed by atoms with Crippen molar-refractivity contribution in [3.63, 3.8) is 0 Å². The maximum Gasteiger partial charge on any atom is 0.326 e. The van der Waals surface area contributed by atoms with Gasteiger partial charge in [-0.1, -0.05) is 6.92 Å². The Kier molecular flexibility index (Phi) is 6.96. The largest absolute Gasteiger partial charge is 0.480 e. The molecule has 0 radical (unpaired) electrons. The molecule has 2 unspecified atom stereocenters. The third-order valence-electron chi connectivity index (χ3n) is 2.39. The average Bonchev–Trinajstić information content (AvgIpc) is 2.24. The Morgan fingerprint density at radius 2 is 2.06 bits per heavy atom. The van der Waals surface area contributed by atoms with Crippen LogP contribution in [0.2, 0.25) is 0 Å². The summed E-state index contributed by atoms with van der Waals surface area (Å²) in [7, 11) is 1.67. The number of carboxylic acids is 1. The number of carboxylic acid groups (broad SMARTS) is 1. The number of hydrogen-bond acceptors (Lipinski definition) is 3. The van der Waals surface area contributed by atoms with Gasteiger partial charge in [-0.25, -0.2) is 9.59 Å². The van der Waals surface area contributed by atoms with Gasteiger partial charge in [-0.15, -0.1) is 0 Å². The highest BCUT2D eigenvalue weighted by atomic mass is 32.2. The molecule has 0 aliphatic heterocycles. The molecule has 0 aliphatic rings. The van der Waals surface area contributed by atoms with Crippen LogP contribution in [0.3, 0.4) is 0 Å². The van der Waals surface area contributed by atoms with Crippen LogP contribution in [0.1, 0.15) is 20.3 Å². The SMILES string of the molecule is CCC(NC(=O)N(C)C(C)CSC)C(=O)O. The van der Waals surface area contributed by atoms with Gasteiger partial charge in [-0.05, 0) is 19.6 Å². The van der Waals surface area contributed by atoms with Crippen LogP contribution in [0.15, 0.2) is 0 Å². The number of nitrogens with zero attached hydrogens (tertiary/aromatic N) is 1. The van der Waals surface area contributed by atoms with Gasteiger partial charge in [0.1, 0.15) is 6.04 Å². The van der Waals surface area contributed by atoms with Crippen LogP contribution in [0, 0.1) is 0 Å². The number of carbonyl (C=O) groups excluding carboxylic acids is 1. The second-order valence-corrected chi connectivity index (χ2v) is 4.57. The Morgan fingerprint density at radius 1 is 1.50 bits per heavy atom. The molecule has 0 saturated carbocycles. The summed E-state index contributed by atoms with van der Waals surface area (Å²) >= 11 is 1.65. The van der Waals surface area contributed by atoms with E-state index in [-0.39, 0.29) is 12.1 Å². The number of rotatable bonds is 6. The van der Waals surface area contributed by atoms with Crippen molar-refractivity contribution in [2.75, 3.05) is 19.1 Å². The molecule has 0 spiro atoms. The van der Waals surface area contributed by atoms with Crippen LogP contribution in [0.5, 0.6) is 0 Å². The Hall–Kier alpha value is -0.910. The molecule has 2 atom stereocenters. The standard InChI is InChI=1S/C10H20N2O3S/c1-5-8(9(13)14)11-10(15)12(3)7(2)6-16-4/h7-8H,5-6H2,1-4H3,(H,11,15)(H,13,14). The summed E-state index contributed by atoms with van der Waals surface area (Å²) < 4.78 is 0. The fourth-order valence-electron chi connectivity index (χ4n) is 1.14. The predicted octanol–water partition coefficient (Wildman–Crippen LogP) is 1.24. The first-order chi connectivity index (χ1) is 7.43. The first-order valence-corrected chi connectivity index (χ1v) is 6.58. The number of amides is 2. The smallest absolute Gasteiger partial charge is 0.326 e. The summed E-state index contributed by atoms with van der Waals surface area (Å²) in [6, 6.07) is -1.06. The van der Waals surface area contributed by atoms with Crippen molar-refractivity contribution < 1.29 is 14.7 Å². The number of nitrogens with one attached hydrogen (secondary N) is 1. The lowest BCUT2D eigenvalue weighted by atomic mass is 10.2. The Morgan fingerprint density at radius 3 is 2.44 bits per heavy atom. The lowest BCUT2D eigenvalue weighted by Gasteiger charge is -2.26. The molecule has 6 heteroatoms. The fraction of sp³-hybridized carbons (Fsp3) is 0.800. The predicted molar refractivity (Wildman–Crippen MR) is 65.9 cm³/mol. The normalized spacial score (nSPS) is 14.0. The molecule has 0 aliphatic carbocycles. The fourth-order valence-corrected chi connectivity index (χ4v) is 1.85. The number of hydrogen-bond donors (Lipinski definition) is 2. The van der Waals surface area contributed by atoms with Gasteiger partial charge in [0.2, 0.25) is 0 Å². The van der Waals surface area contributed by atoms with Crippen LogP contribution in [-0.4, -0.2) is 53.1 Å². The molecule has 2 amide bonds. The van der Waals surface area contributed by atoms with Crippen molar-refractivity contribution >= 4 is 23.8 Å². The average molecular weight is 248 g/mol. The molecule has 0 saturated heterocycles. The molecule has 0 heterocycles. The summed E-state index contributed by atoms with van der Waals surface area (Å²) in [5.41, 5.74) is 0. The Bertz CT molecular complexity index is 248. The number of thioether (sulfide) groups is 1. The highest BCUT2D eigenvalue weighted by molar-refractivity contribution is 7.98. The summed E-state index contributed by atoms with van der Waals surface area (Å²) in [6.45, 7) is 3.65. The van der Waals surface area contributed by atoms with Crippen molar-refractivity contribution in [3.8, 4) is 0 Å². The highest BCUT2D eigenvalue weighted by Crippen LogP contribution is 2.04. The van der Waals surface area contributed by atoms with Gasteiger partial charge >= 0.3 is 12.0 Å². The van der Waals surface area contributed by atoms with Gasteiger partial charge in [0.05, 0.1) is 0 Å². The summed E-state index contributed by atoms with van der Waals surface area (Å²) in [5, 5.41) is 11.3. The van der Waals surface area contributed by atoms with E-state index in [1.165, 1.54) is 4.90 Å². The molecule has 16 heavy (non-hydrogen) atoms. The summed E-state index contributed by atoms with van der Waals surface area (Å²) in [5.74, 6) is -0.171. The van der Waals surface area contributed by atoms with Crippen molar-refractivity contribution in [2.24, 2.45) is 0 Å². The van der Waals surface area contributed by atoms with E-state index < -0.39 is 12.0 Å². The van der Waals surface area contributed by atoms with Crippen molar-refractivity contribution in [1.82, 2.24) is 10.2 Å².